The Kier molecular flexibility index (Phi) is 7.25. The minimum absolute atomic E-state index is 0. The van der Waals surface area contributed by atoms with Crippen LogP contribution in [0.2, 0.25) is 0 Å². The van der Waals surface area contributed by atoms with Crippen LogP contribution in [0.1, 0.15) is 45.9 Å². The largest absolute Gasteiger partial charge is 1.00 e. The zero-order valence-corrected chi connectivity index (χ0v) is 18.0. The highest BCUT2D eigenvalue weighted by Crippen LogP contribution is 2.66. The van der Waals surface area contributed by atoms with Crippen LogP contribution in [0.15, 0.2) is 110 Å². The van der Waals surface area contributed by atoms with Gasteiger partial charge in [0, 0.05) is 24.3 Å². The van der Waals surface area contributed by atoms with Crippen LogP contribution in [0.3, 0.4) is 0 Å². The lowest BCUT2D eigenvalue weighted by molar-refractivity contribution is -0.378. The van der Waals surface area contributed by atoms with E-state index in [2.05, 4.69) is 94.9 Å². The number of hydrogen-bond donors (Lipinski definition) is 0. The highest BCUT2D eigenvalue weighted by Gasteiger charge is 2.52. The molecule has 4 heteroatoms. The minimum Gasteiger partial charge on any atom is -1.00 e. The van der Waals surface area contributed by atoms with Crippen molar-refractivity contribution >= 4 is 0 Å². The molecule has 1 aliphatic carbocycles. The van der Waals surface area contributed by atoms with Gasteiger partial charge in [-0.15, -0.1) is 0 Å². The average Bonchev–Trinajstić information content (AvgIpc) is 2.76. The van der Waals surface area contributed by atoms with Crippen LogP contribution in [-0.4, -0.2) is 0 Å². The van der Waals surface area contributed by atoms with E-state index in [4.69, 9.17) is 0 Å². The van der Waals surface area contributed by atoms with Crippen molar-refractivity contribution in [2.24, 2.45) is 0 Å². The van der Waals surface area contributed by atoms with Gasteiger partial charge in [-0.25, -0.2) is 9.97 Å². The molecule has 1 saturated carbocycles. The van der Waals surface area contributed by atoms with Gasteiger partial charge < -0.3 is 24.8 Å². The van der Waals surface area contributed by atoms with Gasteiger partial charge in [-0.3, -0.25) is 0 Å². The van der Waals surface area contributed by atoms with E-state index in [9.17, 15) is 0 Å². The molecule has 0 unspecified atom stereocenters. The lowest BCUT2D eigenvalue weighted by atomic mass is 9.49. The number of rotatable bonds is 4. The monoisotopic (exact) mass is 434 g/mol. The van der Waals surface area contributed by atoms with Crippen molar-refractivity contribution in [3.05, 3.63) is 132 Å². The fourth-order valence-corrected chi connectivity index (χ4v) is 5.00. The zero-order valence-electron chi connectivity index (χ0n) is 16.5. The molecule has 1 aliphatic rings. The normalized spacial score (nSPS) is 22.1. The molecule has 5 rings (SSSR count). The van der Waals surface area contributed by atoms with Crippen molar-refractivity contribution < 1.29 is 34.8 Å². The fourth-order valence-electron chi connectivity index (χ4n) is 5.00. The zero-order chi connectivity index (χ0) is 18.8. The molecule has 0 bridgehead atoms. The SMILES string of the molecule is [Cl-].[Cl-].c1ccc(C2C(c3cc[nH+]cc3)C(c3ccccc3)C2c2cc[nH+]cc2)cc1. The van der Waals surface area contributed by atoms with E-state index < -0.39 is 0 Å². The molecule has 2 N–H and O–H groups in total. The Morgan fingerprint density at radius 2 is 0.633 bits per heavy atom. The number of benzene rings is 2. The van der Waals surface area contributed by atoms with Crippen LogP contribution in [0.5, 0.6) is 0 Å². The van der Waals surface area contributed by atoms with E-state index in [0.717, 1.165) is 0 Å². The first-order valence-electron chi connectivity index (χ1n) is 9.95. The molecule has 0 atom stereocenters. The van der Waals surface area contributed by atoms with Gasteiger partial charge >= 0.3 is 0 Å². The summed E-state index contributed by atoms with van der Waals surface area (Å²) in [6.45, 7) is 0. The molecular weight excluding hydrogens is 411 g/mol. The first-order chi connectivity index (χ1) is 13.9. The summed E-state index contributed by atoms with van der Waals surface area (Å²) in [5.41, 5.74) is 5.65. The Labute approximate surface area is 190 Å². The van der Waals surface area contributed by atoms with Gasteiger partial charge in [-0.1, -0.05) is 60.7 Å². The molecule has 0 radical (unpaired) electrons. The summed E-state index contributed by atoms with van der Waals surface area (Å²) in [5.74, 6) is 1.81. The van der Waals surface area contributed by atoms with Gasteiger partial charge in [-0.2, -0.15) is 0 Å². The molecule has 2 heterocycles. The predicted octanol–water partition coefficient (Wildman–Crippen LogP) is -1.23. The van der Waals surface area contributed by atoms with Gasteiger partial charge in [-0.05, 0) is 45.9 Å². The quantitative estimate of drug-likeness (QED) is 0.384. The number of halogens is 2. The second-order valence-corrected chi connectivity index (χ2v) is 7.59. The van der Waals surface area contributed by atoms with E-state index in [0.29, 0.717) is 23.7 Å². The predicted molar refractivity (Wildman–Crippen MR) is 110 cm³/mol. The van der Waals surface area contributed by atoms with E-state index >= 15 is 0 Å². The standard InChI is InChI=1S/C26H22N2.2ClH/c1-3-7-19(8-4-1)23-25(21-11-15-27-16-12-21)24(20-9-5-2-6-10-20)26(23)22-13-17-28-18-14-22;;/h1-18,23-26H;2*1H. The molecule has 0 spiro atoms. The summed E-state index contributed by atoms with van der Waals surface area (Å²) in [6, 6.07) is 31.0. The third kappa shape index (κ3) is 3.98. The van der Waals surface area contributed by atoms with Crippen molar-refractivity contribution in [3.63, 3.8) is 0 Å². The number of pyridine rings is 2. The first kappa shape index (κ1) is 22.0. The average molecular weight is 435 g/mol. The fraction of sp³-hybridized carbons (Fsp3) is 0.154. The van der Waals surface area contributed by atoms with Crippen LogP contribution in [0, 0.1) is 0 Å². The molecule has 152 valence electrons. The summed E-state index contributed by atoms with van der Waals surface area (Å²) in [6.07, 6.45) is 8.18. The molecule has 0 saturated heterocycles. The maximum atomic E-state index is 3.18. The van der Waals surface area contributed by atoms with Gasteiger partial charge in [0.15, 0.2) is 24.8 Å². The number of nitrogens with one attached hydrogen (secondary N) is 2. The lowest BCUT2D eigenvalue weighted by Crippen LogP contribution is -3.00. The van der Waals surface area contributed by atoms with Gasteiger partial charge in [0.05, 0.1) is 0 Å². The Bertz CT molecular complexity index is 846. The Morgan fingerprint density at radius 1 is 0.367 bits per heavy atom. The third-order valence-corrected chi connectivity index (χ3v) is 6.17. The topological polar surface area (TPSA) is 28.3 Å². The van der Waals surface area contributed by atoms with Crippen LogP contribution >= 0.6 is 0 Å². The van der Waals surface area contributed by atoms with E-state index in [1.54, 1.807) is 0 Å². The van der Waals surface area contributed by atoms with Gasteiger partial charge in [0.25, 0.3) is 0 Å². The summed E-state index contributed by atoms with van der Waals surface area (Å²) >= 11 is 0. The summed E-state index contributed by atoms with van der Waals surface area (Å²) < 4.78 is 0. The third-order valence-electron chi connectivity index (χ3n) is 6.17. The lowest BCUT2D eigenvalue weighted by Gasteiger charge is -2.53. The smallest absolute Gasteiger partial charge is 0.167 e. The number of hydrogen-bond acceptors (Lipinski definition) is 0. The summed E-state index contributed by atoms with van der Waals surface area (Å²) in [7, 11) is 0. The van der Waals surface area contributed by atoms with Crippen molar-refractivity contribution in [1.29, 1.82) is 0 Å². The summed E-state index contributed by atoms with van der Waals surface area (Å²) in [5, 5.41) is 0. The maximum absolute atomic E-state index is 3.18. The number of aromatic amines is 2. The maximum Gasteiger partial charge on any atom is 0.167 e. The highest BCUT2D eigenvalue weighted by atomic mass is 35.5. The molecule has 0 amide bonds. The first-order valence-corrected chi connectivity index (χ1v) is 9.95. The second-order valence-electron chi connectivity index (χ2n) is 7.59. The Hall–Kier alpha value is -2.68. The van der Waals surface area contributed by atoms with E-state index in [-0.39, 0.29) is 24.8 Å². The minimum atomic E-state index is 0. The van der Waals surface area contributed by atoms with Crippen LogP contribution < -0.4 is 34.8 Å². The van der Waals surface area contributed by atoms with Crippen LogP contribution in [0.4, 0.5) is 0 Å². The van der Waals surface area contributed by atoms with Gasteiger partial charge in [0.2, 0.25) is 0 Å². The Morgan fingerprint density at radius 3 is 0.933 bits per heavy atom. The molecule has 2 nitrogen and oxygen atoms in total. The molecule has 0 aliphatic heterocycles. The van der Waals surface area contributed by atoms with Crippen molar-refractivity contribution in [3.8, 4) is 0 Å². The number of aromatic nitrogens is 2. The molecule has 30 heavy (non-hydrogen) atoms. The molecular formula is C26H24Cl2N2. The molecule has 1 fully saturated rings. The van der Waals surface area contributed by atoms with E-state index in [1.807, 2.05) is 24.8 Å². The molecule has 2 aromatic heterocycles. The van der Waals surface area contributed by atoms with Crippen LogP contribution in [-0.2, 0) is 0 Å². The summed E-state index contributed by atoms with van der Waals surface area (Å²) in [4.78, 5) is 6.37. The number of H-pyrrole nitrogens is 2. The van der Waals surface area contributed by atoms with Crippen molar-refractivity contribution in [2.75, 3.05) is 0 Å². The van der Waals surface area contributed by atoms with Gasteiger partial charge in [0.1, 0.15) is 0 Å². The second kappa shape index (κ2) is 9.88. The van der Waals surface area contributed by atoms with Crippen molar-refractivity contribution in [2.45, 2.75) is 23.7 Å². The van der Waals surface area contributed by atoms with Crippen molar-refractivity contribution in [1.82, 2.24) is 0 Å². The highest BCUT2D eigenvalue weighted by molar-refractivity contribution is 5.47. The van der Waals surface area contributed by atoms with Crippen LogP contribution in [0.25, 0.3) is 0 Å². The molecule has 2 aromatic carbocycles. The van der Waals surface area contributed by atoms with E-state index in [1.165, 1.54) is 22.3 Å². The molecule has 4 aromatic rings. The Balaban J connectivity index is 0.00000128.